The van der Waals surface area contributed by atoms with E-state index in [1.54, 1.807) is 0 Å². The average Bonchev–Trinajstić information content (AvgIpc) is 3.05. The molecule has 0 N–H and O–H groups in total. The lowest BCUT2D eigenvalue weighted by Crippen LogP contribution is -2.34. The SMILES string of the molecule is CCCN(CC1OCCO1)c1c([N+](=O)[O-])cc(S(C)(=O)=O)cc1[N+](=O)[O-]. The molecule has 0 radical (unpaired) electrons. The van der Waals surface area contributed by atoms with E-state index in [-0.39, 0.29) is 18.8 Å². The van der Waals surface area contributed by atoms with Crippen molar-refractivity contribution in [3.8, 4) is 0 Å². The zero-order chi connectivity index (χ0) is 19.5. The molecule has 0 aromatic heterocycles. The molecule has 1 heterocycles. The summed E-state index contributed by atoms with van der Waals surface area (Å²) in [5, 5.41) is 23.0. The Bertz CT molecular complexity index is 769. The minimum absolute atomic E-state index is 0.0493. The van der Waals surface area contributed by atoms with E-state index in [1.807, 2.05) is 6.92 Å². The summed E-state index contributed by atoms with van der Waals surface area (Å²) in [5.41, 5.74) is -1.55. The van der Waals surface area contributed by atoms with Crippen LogP contribution in [-0.2, 0) is 19.3 Å². The number of anilines is 1. The summed E-state index contributed by atoms with van der Waals surface area (Å²) in [4.78, 5) is 22.3. The molecule has 1 aromatic rings. The van der Waals surface area contributed by atoms with Crippen LogP contribution in [0.25, 0.3) is 0 Å². The van der Waals surface area contributed by atoms with E-state index in [1.165, 1.54) is 4.90 Å². The lowest BCUT2D eigenvalue weighted by Gasteiger charge is -2.26. The van der Waals surface area contributed by atoms with Crippen LogP contribution < -0.4 is 4.90 Å². The summed E-state index contributed by atoms with van der Waals surface area (Å²) in [7, 11) is -3.87. The molecule has 0 spiro atoms. The number of benzene rings is 1. The maximum absolute atomic E-state index is 11.8. The quantitative estimate of drug-likeness (QED) is 0.477. The third-order valence-corrected chi connectivity index (χ3v) is 4.83. The zero-order valence-electron chi connectivity index (χ0n) is 14.3. The van der Waals surface area contributed by atoms with Crippen LogP contribution in [0.15, 0.2) is 17.0 Å². The largest absolute Gasteiger partial charge is 0.355 e. The Morgan fingerprint density at radius 2 is 1.65 bits per heavy atom. The fourth-order valence-corrected chi connectivity index (χ4v) is 3.30. The van der Waals surface area contributed by atoms with Gasteiger partial charge in [0.25, 0.3) is 0 Å². The zero-order valence-corrected chi connectivity index (χ0v) is 15.1. The van der Waals surface area contributed by atoms with Crippen molar-refractivity contribution >= 4 is 26.9 Å². The number of hydrogen-bond donors (Lipinski definition) is 0. The second-order valence-corrected chi connectivity index (χ2v) is 7.73. The van der Waals surface area contributed by atoms with Gasteiger partial charge in [0.05, 0.1) is 34.5 Å². The minimum atomic E-state index is -3.87. The Hall–Kier alpha value is -2.31. The fraction of sp³-hybridized carbons (Fsp3) is 0.571. The van der Waals surface area contributed by atoms with Gasteiger partial charge in [-0.25, -0.2) is 8.42 Å². The van der Waals surface area contributed by atoms with Gasteiger partial charge in [0.15, 0.2) is 21.8 Å². The van der Waals surface area contributed by atoms with E-state index in [2.05, 4.69) is 0 Å². The van der Waals surface area contributed by atoms with E-state index in [9.17, 15) is 28.6 Å². The summed E-state index contributed by atoms with van der Waals surface area (Å²) in [6.45, 7) is 2.85. The van der Waals surface area contributed by atoms with Crippen LogP contribution in [0.5, 0.6) is 0 Å². The molecular formula is C14H19N3O8S. The van der Waals surface area contributed by atoms with Crippen LogP contribution in [0, 0.1) is 20.2 Å². The molecule has 1 fully saturated rings. The molecule has 0 saturated carbocycles. The first kappa shape index (κ1) is 20.0. The molecule has 0 unspecified atom stereocenters. The summed E-state index contributed by atoms with van der Waals surface area (Å²) >= 11 is 0. The van der Waals surface area contributed by atoms with Crippen LogP contribution in [0.4, 0.5) is 17.1 Å². The number of ether oxygens (including phenoxy) is 2. The van der Waals surface area contributed by atoms with Crippen molar-refractivity contribution in [3.05, 3.63) is 32.4 Å². The second-order valence-electron chi connectivity index (χ2n) is 5.71. The summed E-state index contributed by atoms with van der Waals surface area (Å²) in [6.07, 6.45) is 0.712. The Balaban J connectivity index is 2.65. The molecule has 0 amide bonds. The number of hydrogen-bond acceptors (Lipinski definition) is 9. The van der Waals surface area contributed by atoms with Gasteiger partial charge in [0.2, 0.25) is 0 Å². The fourth-order valence-electron chi connectivity index (χ4n) is 2.65. The first-order valence-electron chi connectivity index (χ1n) is 7.80. The molecule has 1 aliphatic rings. The van der Waals surface area contributed by atoms with Gasteiger partial charge in [-0.15, -0.1) is 0 Å². The maximum atomic E-state index is 11.8. The Labute approximate surface area is 149 Å². The van der Waals surface area contributed by atoms with Gasteiger partial charge >= 0.3 is 11.4 Å². The van der Waals surface area contributed by atoms with Crippen molar-refractivity contribution in [1.29, 1.82) is 0 Å². The first-order chi connectivity index (χ1) is 12.1. The Morgan fingerprint density at radius 1 is 1.15 bits per heavy atom. The molecule has 0 aliphatic carbocycles. The van der Waals surface area contributed by atoms with Crippen molar-refractivity contribution < 1.29 is 27.7 Å². The van der Waals surface area contributed by atoms with Crippen LogP contribution in [0.2, 0.25) is 0 Å². The van der Waals surface area contributed by atoms with Crippen molar-refractivity contribution in [3.63, 3.8) is 0 Å². The van der Waals surface area contributed by atoms with Gasteiger partial charge in [0, 0.05) is 24.9 Å². The number of rotatable bonds is 8. The highest BCUT2D eigenvalue weighted by Crippen LogP contribution is 2.40. The summed E-state index contributed by atoms with van der Waals surface area (Å²) < 4.78 is 34.2. The molecule has 2 rings (SSSR count). The van der Waals surface area contributed by atoms with Gasteiger partial charge < -0.3 is 14.4 Å². The lowest BCUT2D eigenvalue weighted by molar-refractivity contribution is -0.393. The number of nitro benzene ring substituents is 2. The molecule has 0 atom stereocenters. The molecule has 0 bridgehead atoms. The molecule has 1 aromatic carbocycles. The number of nitrogens with zero attached hydrogens (tertiary/aromatic N) is 3. The van der Waals surface area contributed by atoms with Gasteiger partial charge in [0.1, 0.15) is 0 Å². The number of nitro groups is 2. The van der Waals surface area contributed by atoms with Gasteiger partial charge in [-0.3, -0.25) is 20.2 Å². The smallest absolute Gasteiger partial charge is 0.300 e. The van der Waals surface area contributed by atoms with E-state index in [0.29, 0.717) is 19.6 Å². The van der Waals surface area contributed by atoms with Gasteiger partial charge in [-0.05, 0) is 6.42 Å². The van der Waals surface area contributed by atoms with Crippen LogP contribution in [0.3, 0.4) is 0 Å². The Morgan fingerprint density at radius 3 is 2.04 bits per heavy atom. The van der Waals surface area contributed by atoms with Crippen molar-refractivity contribution in [1.82, 2.24) is 0 Å². The molecule has 26 heavy (non-hydrogen) atoms. The van der Waals surface area contributed by atoms with E-state index in [4.69, 9.17) is 9.47 Å². The third kappa shape index (κ3) is 4.45. The topological polar surface area (TPSA) is 142 Å². The summed E-state index contributed by atoms with van der Waals surface area (Å²) in [6, 6.07) is 1.69. The average molecular weight is 389 g/mol. The Kier molecular flexibility index (Phi) is 6.10. The van der Waals surface area contributed by atoms with Gasteiger partial charge in [-0.2, -0.15) is 0 Å². The molecular weight excluding hydrogens is 370 g/mol. The molecule has 144 valence electrons. The molecule has 1 saturated heterocycles. The first-order valence-corrected chi connectivity index (χ1v) is 9.69. The van der Waals surface area contributed by atoms with Gasteiger partial charge in [-0.1, -0.05) is 6.92 Å². The van der Waals surface area contributed by atoms with E-state index >= 15 is 0 Å². The minimum Gasteiger partial charge on any atom is -0.355 e. The maximum Gasteiger partial charge on any atom is 0.300 e. The highest BCUT2D eigenvalue weighted by atomic mass is 32.2. The highest BCUT2D eigenvalue weighted by Gasteiger charge is 2.34. The number of sulfone groups is 1. The van der Waals surface area contributed by atoms with Crippen LogP contribution in [-0.4, -0.2) is 57.1 Å². The standard InChI is InChI=1S/C14H19N3O8S/c1-3-4-15(9-13-24-5-6-25-13)14-11(16(18)19)7-10(26(2,22)23)8-12(14)17(20)21/h7-8,13H,3-6,9H2,1-2H3. The van der Waals surface area contributed by atoms with Crippen molar-refractivity contribution in [2.75, 3.05) is 37.5 Å². The predicted molar refractivity (Wildman–Crippen MR) is 91.1 cm³/mol. The third-order valence-electron chi connectivity index (χ3n) is 3.73. The molecule has 11 nitrogen and oxygen atoms in total. The monoisotopic (exact) mass is 389 g/mol. The highest BCUT2D eigenvalue weighted by molar-refractivity contribution is 7.90. The normalized spacial score (nSPS) is 15.2. The molecule has 12 heteroatoms. The second kappa shape index (κ2) is 7.93. The molecule has 1 aliphatic heterocycles. The predicted octanol–water partition coefficient (Wildman–Crippen LogP) is 1.50. The van der Waals surface area contributed by atoms with Crippen LogP contribution >= 0.6 is 0 Å². The van der Waals surface area contributed by atoms with Crippen molar-refractivity contribution in [2.24, 2.45) is 0 Å². The lowest BCUT2D eigenvalue weighted by atomic mass is 10.2. The van der Waals surface area contributed by atoms with E-state index < -0.39 is 42.2 Å². The van der Waals surface area contributed by atoms with Crippen molar-refractivity contribution in [2.45, 2.75) is 24.5 Å². The summed E-state index contributed by atoms with van der Waals surface area (Å²) in [5.74, 6) is 0. The van der Waals surface area contributed by atoms with Crippen LogP contribution in [0.1, 0.15) is 13.3 Å². The van der Waals surface area contributed by atoms with E-state index in [0.717, 1.165) is 18.4 Å².